The Balaban J connectivity index is 2.53. The summed E-state index contributed by atoms with van der Waals surface area (Å²) in [5.74, 6) is 0. The van der Waals surface area contributed by atoms with Crippen LogP contribution in [0.3, 0.4) is 0 Å². The van der Waals surface area contributed by atoms with Gasteiger partial charge in [-0.05, 0) is 25.4 Å². The molecular formula is C7H12ClNO2. The molecule has 64 valence electrons. The zero-order valence-corrected chi connectivity index (χ0v) is 7.52. The van der Waals surface area contributed by atoms with Crippen LogP contribution in [-0.2, 0) is 4.74 Å². The summed E-state index contributed by atoms with van der Waals surface area (Å²) in [5, 5.41) is -0.388. The van der Waals surface area contributed by atoms with E-state index in [0.29, 0.717) is 19.7 Å². The number of ether oxygens (including phenoxy) is 1. The van der Waals surface area contributed by atoms with Crippen LogP contribution in [-0.4, -0.2) is 35.6 Å². The van der Waals surface area contributed by atoms with E-state index in [9.17, 15) is 4.79 Å². The van der Waals surface area contributed by atoms with Gasteiger partial charge in [-0.3, -0.25) is 4.79 Å². The molecule has 1 aliphatic heterocycles. The summed E-state index contributed by atoms with van der Waals surface area (Å²) in [6, 6.07) is 0. The second-order valence-corrected chi connectivity index (χ2v) is 3.61. The average molecular weight is 178 g/mol. The third-order valence-corrected chi connectivity index (χ3v) is 1.91. The molecule has 1 amide bonds. The molecule has 1 aliphatic rings. The van der Waals surface area contributed by atoms with Gasteiger partial charge in [-0.1, -0.05) is 0 Å². The van der Waals surface area contributed by atoms with Gasteiger partial charge in [-0.2, -0.15) is 0 Å². The Kier molecular flexibility index (Phi) is 2.40. The smallest absolute Gasteiger partial charge is 0.316 e. The predicted molar refractivity (Wildman–Crippen MR) is 42.9 cm³/mol. The number of hydrogen-bond acceptors (Lipinski definition) is 2. The van der Waals surface area contributed by atoms with E-state index in [1.165, 1.54) is 0 Å². The Morgan fingerprint density at radius 2 is 2.27 bits per heavy atom. The first kappa shape index (κ1) is 8.81. The topological polar surface area (TPSA) is 29.5 Å². The van der Waals surface area contributed by atoms with Crippen molar-refractivity contribution in [3.63, 3.8) is 0 Å². The van der Waals surface area contributed by atoms with Gasteiger partial charge in [0.05, 0.1) is 18.8 Å². The van der Waals surface area contributed by atoms with E-state index < -0.39 is 0 Å². The van der Waals surface area contributed by atoms with Gasteiger partial charge in [0.1, 0.15) is 0 Å². The fourth-order valence-electron chi connectivity index (χ4n) is 1.17. The number of rotatable bonds is 0. The van der Waals surface area contributed by atoms with Crippen LogP contribution >= 0.6 is 11.6 Å². The van der Waals surface area contributed by atoms with Crippen LogP contribution in [0.5, 0.6) is 0 Å². The quantitative estimate of drug-likeness (QED) is 0.414. The van der Waals surface area contributed by atoms with Gasteiger partial charge in [-0.25, -0.2) is 0 Å². The maximum absolute atomic E-state index is 10.7. The van der Waals surface area contributed by atoms with Gasteiger partial charge in [0.15, 0.2) is 0 Å². The molecule has 0 bridgehead atoms. The standard InChI is InChI=1S/C7H12ClNO2/c1-7(2)5-9(6(8)10)3-4-11-7/h3-5H2,1-2H3. The fraction of sp³-hybridized carbons (Fsp3) is 0.857. The number of carbonyl (C=O) groups is 1. The summed E-state index contributed by atoms with van der Waals surface area (Å²) in [6.07, 6.45) is 0. The zero-order valence-electron chi connectivity index (χ0n) is 6.76. The number of amides is 1. The molecule has 0 aromatic rings. The first-order valence-electron chi connectivity index (χ1n) is 3.60. The number of nitrogens with zero attached hydrogens (tertiary/aromatic N) is 1. The van der Waals surface area contributed by atoms with Crippen molar-refractivity contribution in [2.75, 3.05) is 19.7 Å². The van der Waals surface area contributed by atoms with Crippen molar-refractivity contribution in [2.45, 2.75) is 19.4 Å². The molecule has 0 aliphatic carbocycles. The van der Waals surface area contributed by atoms with Crippen LogP contribution in [0.15, 0.2) is 0 Å². The van der Waals surface area contributed by atoms with Crippen LogP contribution in [0.1, 0.15) is 13.8 Å². The maximum atomic E-state index is 10.7. The molecule has 4 heteroatoms. The third-order valence-electron chi connectivity index (χ3n) is 1.67. The highest BCUT2D eigenvalue weighted by molar-refractivity contribution is 6.62. The molecule has 0 atom stereocenters. The van der Waals surface area contributed by atoms with Crippen LogP contribution < -0.4 is 0 Å². The van der Waals surface area contributed by atoms with Crippen LogP contribution in [0.25, 0.3) is 0 Å². The molecule has 11 heavy (non-hydrogen) atoms. The molecule has 0 spiro atoms. The van der Waals surface area contributed by atoms with Crippen LogP contribution in [0.4, 0.5) is 4.79 Å². The molecule has 0 unspecified atom stereocenters. The lowest BCUT2D eigenvalue weighted by Crippen LogP contribution is -2.49. The molecule has 0 aromatic heterocycles. The van der Waals surface area contributed by atoms with Gasteiger partial charge in [0.2, 0.25) is 0 Å². The summed E-state index contributed by atoms with van der Waals surface area (Å²) in [7, 11) is 0. The zero-order chi connectivity index (χ0) is 8.48. The lowest BCUT2D eigenvalue weighted by molar-refractivity contribution is -0.0709. The Morgan fingerprint density at radius 3 is 2.64 bits per heavy atom. The van der Waals surface area contributed by atoms with Crippen molar-refractivity contribution in [2.24, 2.45) is 0 Å². The molecule has 0 radical (unpaired) electrons. The molecule has 0 N–H and O–H groups in total. The second-order valence-electron chi connectivity index (χ2n) is 3.28. The molecule has 1 fully saturated rings. The van der Waals surface area contributed by atoms with Crippen molar-refractivity contribution < 1.29 is 9.53 Å². The Labute approximate surface area is 71.3 Å². The van der Waals surface area contributed by atoms with Crippen molar-refractivity contribution in [1.82, 2.24) is 4.90 Å². The highest BCUT2D eigenvalue weighted by atomic mass is 35.5. The van der Waals surface area contributed by atoms with Crippen molar-refractivity contribution >= 4 is 17.0 Å². The molecule has 3 nitrogen and oxygen atoms in total. The van der Waals surface area contributed by atoms with E-state index in [4.69, 9.17) is 16.3 Å². The summed E-state index contributed by atoms with van der Waals surface area (Å²) in [6.45, 7) is 5.64. The first-order valence-corrected chi connectivity index (χ1v) is 3.97. The van der Waals surface area contributed by atoms with E-state index in [0.717, 1.165) is 0 Å². The van der Waals surface area contributed by atoms with Gasteiger partial charge in [-0.15, -0.1) is 0 Å². The number of carbonyl (C=O) groups excluding carboxylic acids is 1. The van der Waals surface area contributed by atoms with E-state index >= 15 is 0 Å². The summed E-state index contributed by atoms with van der Waals surface area (Å²) < 4.78 is 5.39. The summed E-state index contributed by atoms with van der Waals surface area (Å²) >= 11 is 5.32. The minimum atomic E-state index is -0.388. The van der Waals surface area contributed by atoms with E-state index in [2.05, 4.69) is 0 Å². The largest absolute Gasteiger partial charge is 0.372 e. The van der Waals surface area contributed by atoms with Crippen molar-refractivity contribution in [3.05, 3.63) is 0 Å². The van der Waals surface area contributed by atoms with Crippen LogP contribution in [0.2, 0.25) is 0 Å². The minimum absolute atomic E-state index is 0.247. The summed E-state index contributed by atoms with van der Waals surface area (Å²) in [4.78, 5) is 12.3. The van der Waals surface area contributed by atoms with Gasteiger partial charge in [0.25, 0.3) is 0 Å². The molecule has 1 saturated heterocycles. The molecule has 0 aromatic carbocycles. The highest BCUT2D eigenvalue weighted by Gasteiger charge is 2.28. The van der Waals surface area contributed by atoms with E-state index in [1.807, 2.05) is 13.8 Å². The van der Waals surface area contributed by atoms with Gasteiger partial charge in [0, 0.05) is 6.54 Å². The summed E-state index contributed by atoms with van der Waals surface area (Å²) in [5.41, 5.74) is -0.247. The third kappa shape index (κ3) is 2.34. The normalized spacial score (nSPS) is 23.4. The van der Waals surface area contributed by atoms with Crippen molar-refractivity contribution in [3.8, 4) is 0 Å². The average Bonchev–Trinajstić information content (AvgIpc) is 1.85. The Bertz CT molecular complexity index is 170. The lowest BCUT2D eigenvalue weighted by Gasteiger charge is -2.36. The second kappa shape index (κ2) is 2.99. The molecule has 1 heterocycles. The number of halogens is 1. The fourth-order valence-corrected chi connectivity index (χ4v) is 1.31. The number of hydrogen-bond donors (Lipinski definition) is 0. The molecule has 0 saturated carbocycles. The van der Waals surface area contributed by atoms with E-state index in [-0.39, 0.29) is 11.0 Å². The molecular weight excluding hydrogens is 166 g/mol. The lowest BCUT2D eigenvalue weighted by atomic mass is 10.1. The highest BCUT2D eigenvalue weighted by Crippen LogP contribution is 2.17. The van der Waals surface area contributed by atoms with Gasteiger partial charge >= 0.3 is 5.37 Å². The Morgan fingerprint density at radius 1 is 1.64 bits per heavy atom. The van der Waals surface area contributed by atoms with Crippen LogP contribution in [0, 0.1) is 0 Å². The SMILES string of the molecule is CC1(C)CN(C(=O)Cl)CCO1. The predicted octanol–water partition coefficient (Wildman–Crippen LogP) is 1.46. The minimum Gasteiger partial charge on any atom is -0.372 e. The van der Waals surface area contributed by atoms with Crippen molar-refractivity contribution in [1.29, 1.82) is 0 Å². The van der Waals surface area contributed by atoms with Gasteiger partial charge < -0.3 is 9.64 Å². The maximum Gasteiger partial charge on any atom is 0.316 e. The van der Waals surface area contributed by atoms with E-state index in [1.54, 1.807) is 4.90 Å². The first-order chi connectivity index (χ1) is 5.01. The molecule has 1 rings (SSSR count). The Hall–Kier alpha value is -0.280. The number of morpholine rings is 1. The monoisotopic (exact) mass is 177 g/mol.